The zero-order chi connectivity index (χ0) is 22.9. The molecule has 3 aromatic rings. The van der Waals surface area contributed by atoms with Crippen molar-refractivity contribution in [3.63, 3.8) is 0 Å². The third-order valence-corrected chi connectivity index (χ3v) is 6.16. The molecule has 168 valence electrons. The van der Waals surface area contributed by atoms with Crippen molar-refractivity contribution in [3.8, 4) is 11.5 Å². The number of para-hydroxylation sites is 1. The zero-order valence-corrected chi connectivity index (χ0v) is 18.4. The van der Waals surface area contributed by atoms with Gasteiger partial charge in [0.05, 0.1) is 26.5 Å². The second kappa shape index (κ2) is 8.60. The Hall–Kier alpha value is -3.84. The Kier molecular flexibility index (Phi) is 5.48. The van der Waals surface area contributed by atoms with Gasteiger partial charge in [-0.2, -0.15) is 0 Å². The van der Waals surface area contributed by atoms with Crippen LogP contribution in [0.5, 0.6) is 11.5 Å². The highest BCUT2D eigenvalue weighted by Gasteiger charge is 2.60. The van der Waals surface area contributed by atoms with Crippen LogP contribution in [-0.4, -0.2) is 37.0 Å². The minimum absolute atomic E-state index is 0.210. The molecule has 7 nitrogen and oxygen atoms in total. The number of hydrogen-bond acceptors (Lipinski definition) is 6. The van der Waals surface area contributed by atoms with Crippen LogP contribution >= 0.6 is 0 Å². The number of ether oxygens (including phenoxy) is 2. The summed E-state index contributed by atoms with van der Waals surface area (Å²) in [5.41, 5.74) is 2.35. The fraction of sp³-hybridized carbons (Fsp3) is 0.231. The van der Waals surface area contributed by atoms with Crippen molar-refractivity contribution in [1.82, 2.24) is 4.90 Å². The summed E-state index contributed by atoms with van der Waals surface area (Å²) in [6.07, 6.45) is -0.915. The second-order valence-electron chi connectivity index (χ2n) is 8.01. The van der Waals surface area contributed by atoms with Crippen molar-refractivity contribution >= 4 is 17.5 Å². The average molecular weight is 444 g/mol. The molecule has 0 aromatic heterocycles. The molecular formula is C26H24N2O5. The lowest BCUT2D eigenvalue weighted by Gasteiger charge is -2.29. The first-order valence-electron chi connectivity index (χ1n) is 10.7. The minimum atomic E-state index is -0.915. The van der Waals surface area contributed by atoms with Crippen LogP contribution in [0.4, 0.5) is 5.69 Å². The van der Waals surface area contributed by atoms with Crippen LogP contribution < -0.4 is 14.5 Å². The fourth-order valence-electron chi connectivity index (χ4n) is 4.58. The van der Waals surface area contributed by atoms with Crippen LogP contribution in [0.2, 0.25) is 0 Å². The van der Waals surface area contributed by atoms with Gasteiger partial charge in [-0.15, -0.1) is 0 Å². The van der Waals surface area contributed by atoms with Crippen LogP contribution in [0.3, 0.4) is 0 Å². The number of fused-ring (bicyclic) bond motifs is 1. The Morgan fingerprint density at radius 2 is 1.55 bits per heavy atom. The highest BCUT2D eigenvalue weighted by Crippen LogP contribution is 2.49. The molecule has 2 heterocycles. The number of hydroxylamine groups is 1. The van der Waals surface area contributed by atoms with E-state index in [4.69, 9.17) is 14.3 Å². The zero-order valence-electron chi connectivity index (χ0n) is 18.4. The third-order valence-electron chi connectivity index (χ3n) is 6.16. The van der Waals surface area contributed by atoms with Crippen molar-refractivity contribution in [2.45, 2.75) is 18.7 Å². The molecule has 2 aliphatic heterocycles. The third kappa shape index (κ3) is 3.60. The van der Waals surface area contributed by atoms with E-state index < -0.39 is 18.1 Å². The molecule has 3 atom stereocenters. The summed E-state index contributed by atoms with van der Waals surface area (Å²) < 4.78 is 11.1. The Labute approximate surface area is 192 Å². The van der Waals surface area contributed by atoms with E-state index in [0.29, 0.717) is 11.5 Å². The number of rotatable bonds is 6. The molecule has 0 bridgehead atoms. The number of hydrogen-bond donors (Lipinski definition) is 0. The number of nitrogens with zero attached hydrogens (tertiary/aromatic N) is 2. The molecule has 0 aliphatic carbocycles. The Morgan fingerprint density at radius 1 is 0.848 bits per heavy atom. The smallest absolute Gasteiger partial charge is 0.262 e. The van der Waals surface area contributed by atoms with Gasteiger partial charge < -0.3 is 9.47 Å². The van der Waals surface area contributed by atoms with Crippen LogP contribution in [0, 0.1) is 5.92 Å². The maximum absolute atomic E-state index is 13.6. The standard InChI is InChI=1S/C26H24N2O5/c1-31-19-13-14-21(32-2)20(15-19)23-22-24(33-28(23)18-11-7-4-8-12-18)26(30)27(25(22)29)16-17-9-5-3-6-10-17/h3-15,22-24H,16H2,1-2H3/t22-,23-,24+/m0/s1. The van der Waals surface area contributed by atoms with Crippen molar-refractivity contribution in [3.05, 3.63) is 90.0 Å². The lowest BCUT2D eigenvalue weighted by molar-refractivity contribution is -0.143. The first-order chi connectivity index (χ1) is 16.1. The van der Waals surface area contributed by atoms with Crippen molar-refractivity contribution < 1.29 is 23.9 Å². The van der Waals surface area contributed by atoms with Gasteiger partial charge in [-0.05, 0) is 35.9 Å². The molecule has 33 heavy (non-hydrogen) atoms. The van der Waals surface area contributed by atoms with E-state index in [1.807, 2.05) is 66.7 Å². The molecule has 3 aromatic carbocycles. The summed E-state index contributed by atoms with van der Waals surface area (Å²) in [5.74, 6) is -0.100. The summed E-state index contributed by atoms with van der Waals surface area (Å²) in [7, 11) is 3.16. The molecule has 5 rings (SSSR count). The number of carbonyl (C=O) groups is 2. The van der Waals surface area contributed by atoms with Crippen LogP contribution in [-0.2, 0) is 21.0 Å². The highest BCUT2D eigenvalue weighted by molar-refractivity contribution is 6.07. The van der Waals surface area contributed by atoms with E-state index >= 15 is 0 Å². The van der Waals surface area contributed by atoms with Gasteiger partial charge in [0.25, 0.3) is 5.91 Å². The van der Waals surface area contributed by atoms with Crippen LogP contribution in [0.25, 0.3) is 0 Å². The normalized spacial score (nSPS) is 21.9. The van der Waals surface area contributed by atoms with E-state index in [9.17, 15) is 9.59 Å². The summed E-state index contributed by atoms with van der Waals surface area (Å²) in [4.78, 5) is 34.5. The van der Waals surface area contributed by atoms with Crippen molar-refractivity contribution in [2.75, 3.05) is 19.3 Å². The van der Waals surface area contributed by atoms with Gasteiger partial charge in [-0.25, -0.2) is 5.06 Å². The van der Waals surface area contributed by atoms with Gasteiger partial charge in [0.1, 0.15) is 23.5 Å². The van der Waals surface area contributed by atoms with Gasteiger partial charge in [-0.3, -0.25) is 19.3 Å². The first kappa shape index (κ1) is 21.0. The molecule has 0 radical (unpaired) electrons. The molecule has 0 saturated carbocycles. The number of methoxy groups -OCH3 is 2. The van der Waals surface area contributed by atoms with Crippen LogP contribution in [0.15, 0.2) is 78.9 Å². The monoisotopic (exact) mass is 444 g/mol. The van der Waals surface area contributed by atoms with E-state index in [1.54, 1.807) is 31.4 Å². The summed E-state index contributed by atoms with van der Waals surface area (Å²) in [6, 6.07) is 23.8. The number of likely N-dealkylation sites (tertiary alicyclic amines) is 1. The maximum Gasteiger partial charge on any atom is 0.262 e. The SMILES string of the molecule is COc1ccc(OC)c([C@H]2[C@@H]3C(=O)N(Cc4ccccc4)C(=O)[C@@H]3ON2c2ccccc2)c1. The quantitative estimate of drug-likeness (QED) is 0.540. The summed E-state index contributed by atoms with van der Waals surface area (Å²) in [6.45, 7) is 0.210. The molecular weight excluding hydrogens is 420 g/mol. The molecule has 2 aliphatic rings. The van der Waals surface area contributed by atoms with Gasteiger partial charge >= 0.3 is 0 Å². The molecule has 2 amide bonds. The molecule has 2 saturated heterocycles. The molecule has 0 N–H and O–H groups in total. The van der Waals surface area contributed by atoms with Crippen LogP contribution in [0.1, 0.15) is 17.2 Å². The second-order valence-corrected chi connectivity index (χ2v) is 8.01. The summed E-state index contributed by atoms with van der Waals surface area (Å²) >= 11 is 0. The number of anilines is 1. The average Bonchev–Trinajstić information content (AvgIpc) is 3.36. The largest absolute Gasteiger partial charge is 0.497 e. The molecule has 0 spiro atoms. The van der Waals surface area contributed by atoms with Gasteiger partial charge in [0.2, 0.25) is 5.91 Å². The van der Waals surface area contributed by atoms with Gasteiger partial charge in [0, 0.05) is 5.56 Å². The lowest BCUT2D eigenvalue weighted by atomic mass is 9.89. The summed E-state index contributed by atoms with van der Waals surface area (Å²) in [5, 5.41) is 1.66. The highest BCUT2D eigenvalue weighted by atomic mass is 16.7. The molecule has 2 fully saturated rings. The molecule has 7 heteroatoms. The maximum atomic E-state index is 13.6. The van der Waals surface area contributed by atoms with E-state index in [2.05, 4.69) is 0 Å². The van der Waals surface area contributed by atoms with E-state index in [-0.39, 0.29) is 18.4 Å². The molecule has 0 unspecified atom stereocenters. The van der Waals surface area contributed by atoms with Gasteiger partial charge in [0.15, 0.2) is 6.10 Å². The number of carbonyl (C=O) groups excluding carboxylic acids is 2. The van der Waals surface area contributed by atoms with Gasteiger partial charge in [-0.1, -0.05) is 48.5 Å². The predicted molar refractivity (Wildman–Crippen MR) is 122 cm³/mol. The Morgan fingerprint density at radius 3 is 2.21 bits per heavy atom. The van der Waals surface area contributed by atoms with E-state index in [1.165, 1.54) is 4.90 Å². The first-order valence-corrected chi connectivity index (χ1v) is 10.7. The minimum Gasteiger partial charge on any atom is -0.497 e. The number of benzene rings is 3. The Balaban J connectivity index is 1.58. The predicted octanol–water partition coefficient (Wildman–Crippen LogP) is 3.75. The van der Waals surface area contributed by atoms with E-state index in [0.717, 1.165) is 16.8 Å². The van der Waals surface area contributed by atoms with Crippen molar-refractivity contribution in [2.24, 2.45) is 5.92 Å². The number of amides is 2. The van der Waals surface area contributed by atoms with Crippen molar-refractivity contribution in [1.29, 1.82) is 0 Å². The topological polar surface area (TPSA) is 68.3 Å². The fourth-order valence-corrected chi connectivity index (χ4v) is 4.58. The lowest BCUT2D eigenvalue weighted by Crippen LogP contribution is -2.37. The number of imide groups is 1. The Bertz CT molecular complexity index is 1170.